The maximum Gasteiger partial charge on any atom is 0.254 e. The van der Waals surface area contributed by atoms with Gasteiger partial charge in [0.1, 0.15) is 11.8 Å². The second-order valence-electron chi connectivity index (χ2n) is 7.27. The van der Waals surface area contributed by atoms with Crippen LogP contribution >= 0.6 is 11.3 Å². The molecule has 1 fully saturated rings. The molecular weight excluding hydrogens is 396 g/mol. The number of carbonyl (C=O) groups excluding carboxylic acids is 2. The van der Waals surface area contributed by atoms with Crippen LogP contribution in [-0.4, -0.2) is 36.4 Å². The predicted molar refractivity (Wildman–Crippen MR) is 119 cm³/mol. The van der Waals surface area contributed by atoms with Gasteiger partial charge in [-0.15, -0.1) is 11.3 Å². The van der Waals surface area contributed by atoms with Crippen molar-refractivity contribution in [2.24, 2.45) is 0 Å². The Morgan fingerprint density at radius 3 is 2.67 bits per heavy atom. The molecule has 4 rings (SSSR count). The van der Waals surface area contributed by atoms with E-state index in [2.05, 4.69) is 5.32 Å². The van der Waals surface area contributed by atoms with Crippen LogP contribution < -0.4 is 10.1 Å². The number of amides is 2. The second kappa shape index (κ2) is 9.13. The van der Waals surface area contributed by atoms with Gasteiger partial charge in [0.05, 0.1) is 13.7 Å². The molecule has 2 heterocycles. The van der Waals surface area contributed by atoms with Crippen LogP contribution in [0.5, 0.6) is 5.75 Å². The lowest BCUT2D eigenvalue weighted by atomic mass is 10.0. The first kappa shape index (κ1) is 20.2. The van der Waals surface area contributed by atoms with Crippen LogP contribution in [0.2, 0.25) is 0 Å². The number of hydrogen-bond donors (Lipinski definition) is 1. The topological polar surface area (TPSA) is 58.6 Å². The summed E-state index contributed by atoms with van der Waals surface area (Å²) < 4.78 is 5.31. The molecule has 1 aliphatic heterocycles. The SMILES string of the molecule is COc1cccc(-c2cccc(C(=O)N3CCCC3C(=O)NCc3cccs3)c2)c1. The molecule has 0 radical (unpaired) electrons. The van der Waals surface area contributed by atoms with Crippen molar-refractivity contribution in [1.29, 1.82) is 0 Å². The summed E-state index contributed by atoms with van der Waals surface area (Å²) in [6.45, 7) is 1.10. The summed E-state index contributed by atoms with van der Waals surface area (Å²) >= 11 is 1.61. The van der Waals surface area contributed by atoms with Crippen molar-refractivity contribution in [2.75, 3.05) is 13.7 Å². The number of likely N-dealkylation sites (tertiary alicyclic amines) is 1. The monoisotopic (exact) mass is 420 g/mol. The maximum absolute atomic E-state index is 13.2. The summed E-state index contributed by atoms with van der Waals surface area (Å²) in [4.78, 5) is 28.8. The molecule has 6 heteroatoms. The molecular formula is C24H24N2O3S. The largest absolute Gasteiger partial charge is 0.497 e. The molecule has 2 aromatic carbocycles. The third kappa shape index (κ3) is 4.39. The first-order valence-corrected chi connectivity index (χ1v) is 10.9. The fraction of sp³-hybridized carbons (Fsp3) is 0.250. The number of benzene rings is 2. The van der Waals surface area contributed by atoms with Gasteiger partial charge in [-0.2, -0.15) is 0 Å². The Hall–Kier alpha value is -3.12. The Morgan fingerprint density at radius 1 is 1.10 bits per heavy atom. The number of methoxy groups -OCH3 is 1. The van der Waals surface area contributed by atoms with Crippen molar-refractivity contribution in [2.45, 2.75) is 25.4 Å². The smallest absolute Gasteiger partial charge is 0.254 e. The van der Waals surface area contributed by atoms with Crippen LogP contribution in [0.3, 0.4) is 0 Å². The summed E-state index contributed by atoms with van der Waals surface area (Å²) in [5.41, 5.74) is 2.52. The Bertz CT molecular complexity index is 1030. The van der Waals surface area contributed by atoms with Gasteiger partial charge in [-0.05, 0) is 59.7 Å². The molecule has 1 saturated heterocycles. The van der Waals surface area contributed by atoms with Gasteiger partial charge in [0.15, 0.2) is 0 Å². The van der Waals surface area contributed by atoms with Gasteiger partial charge >= 0.3 is 0 Å². The standard InChI is InChI=1S/C24H24N2O3S/c1-29-20-9-3-7-18(15-20)17-6-2-8-19(14-17)24(28)26-12-4-11-22(26)23(27)25-16-21-10-5-13-30-21/h2-3,5-10,13-15,22H,4,11-12,16H2,1H3,(H,25,27). The van der Waals surface area contributed by atoms with Crippen molar-refractivity contribution in [3.8, 4) is 16.9 Å². The van der Waals surface area contributed by atoms with Gasteiger partial charge in [0, 0.05) is 17.0 Å². The zero-order valence-electron chi connectivity index (χ0n) is 16.8. The Labute approximate surface area is 180 Å². The van der Waals surface area contributed by atoms with Gasteiger partial charge in [-0.3, -0.25) is 9.59 Å². The Morgan fingerprint density at radius 2 is 1.90 bits per heavy atom. The number of nitrogens with one attached hydrogen (secondary N) is 1. The molecule has 2 amide bonds. The highest BCUT2D eigenvalue weighted by Gasteiger charge is 2.34. The minimum absolute atomic E-state index is 0.0850. The minimum atomic E-state index is -0.419. The van der Waals surface area contributed by atoms with E-state index in [1.54, 1.807) is 23.3 Å². The van der Waals surface area contributed by atoms with Crippen molar-refractivity contribution in [1.82, 2.24) is 10.2 Å². The van der Waals surface area contributed by atoms with E-state index in [0.29, 0.717) is 25.1 Å². The Kier molecular flexibility index (Phi) is 6.14. The van der Waals surface area contributed by atoms with Crippen LogP contribution in [0, 0.1) is 0 Å². The third-order valence-electron chi connectivity index (χ3n) is 5.35. The van der Waals surface area contributed by atoms with Gasteiger partial charge in [-0.25, -0.2) is 0 Å². The molecule has 1 unspecified atom stereocenters. The summed E-state index contributed by atoms with van der Waals surface area (Å²) in [6.07, 6.45) is 1.52. The summed E-state index contributed by atoms with van der Waals surface area (Å²) in [5, 5.41) is 4.97. The quantitative estimate of drug-likeness (QED) is 0.645. The molecule has 5 nitrogen and oxygen atoms in total. The van der Waals surface area contributed by atoms with E-state index >= 15 is 0 Å². The number of nitrogens with zero attached hydrogens (tertiary/aromatic N) is 1. The van der Waals surface area contributed by atoms with Crippen LogP contribution in [-0.2, 0) is 11.3 Å². The van der Waals surface area contributed by atoms with Crippen molar-refractivity contribution in [3.63, 3.8) is 0 Å². The molecule has 154 valence electrons. The highest BCUT2D eigenvalue weighted by Crippen LogP contribution is 2.26. The number of ether oxygens (including phenoxy) is 1. The van der Waals surface area contributed by atoms with Gasteiger partial charge in [-0.1, -0.05) is 30.3 Å². The van der Waals surface area contributed by atoms with Gasteiger partial charge in [0.25, 0.3) is 5.91 Å². The van der Waals surface area contributed by atoms with E-state index in [4.69, 9.17) is 4.74 Å². The molecule has 3 aromatic rings. The lowest BCUT2D eigenvalue weighted by Gasteiger charge is -2.24. The summed E-state index contributed by atoms with van der Waals surface area (Å²) in [6, 6.07) is 18.8. The number of thiophene rings is 1. The third-order valence-corrected chi connectivity index (χ3v) is 6.22. The molecule has 0 spiro atoms. The predicted octanol–water partition coefficient (Wildman–Crippen LogP) is 4.34. The van der Waals surface area contributed by atoms with Crippen molar-refractivity contribution < 1.29 is 14.3 Å². The molecule has 1 N–H and O–H groups in total. The second-order valence-corrected chi connectivity index (χ2v) is 8.30. The number of rotatable bonds is 6. The fourth-order valence-electron chi connectivity index (χ4n) is 3.79. The highest BCUT2D eigenvalue weighted by atomic mass is 32.1. The van der Waals surface area contributed by atoms with Crippen molar-refractivity contribution in [3.05, 3.63) is 76.5 Å². The van der Waals surface area contributed by atoms with Gasteiger partial charge < -0.3 is 15.0 Å². The normalized spacial score (nSPS) is 15.8. The fourth-order valence-corrected chi connectivity index (χ4v) is 4.43. The Balaban J connectivity index is 1.49. The van der Waals surface area contributed by atoms with E-state index in [9.17, 15) is 9.59 Å². The zero-order valence-corrected chi connectivity index (χ0v) is 17.7. The first-order chi connectivity index (χ1) is 14.7. The van der Waals surface area contributed by atoms with Crippen LogP contribution in [0.15, 0.2) is 66.0 Å². The summed E-state index contributed by atoms with van der Waals surface area (Å²) in [7, 11) is 1.63. The van der Waals surface area contributed by atoms with E-state index in [1.165, 1.54) is 0 Å². The summed E-state index contributed by atoms with van der Waals surface area (Å²) in [5.74, 6) is 0.581. The molecule has 0 aliphatic carbocycles. The molecule has 0 saturated carbocycles. The number of carbonyl (C=O) groups is 2. The number of hydrogen-bond acceptors (Lipinski definition) is 4. The van der Waals surface area contributed by atoms with Crippen molar-refractivity contribution >= 4 is 23.2 Å². The molecule has 1 aliphatic rings. The first-order valence-electron chi connectivity index (χ1n) is 10.0. The molecule has 30 heavy (non-hydrogen) atoms. The lowest BCUT2D eigenvalue weighted by Crippen LogP contribution is -2.45. The van der Waals surface area contributed by atoms with E-state index in [-0.39, 0.29) is 11.8 Å². The average Bonchev–Trinajstić information content (AvgIpc) is 3.49. The molecule has 1 atom stereocenters. The van der Waals surface area contributed by atoms with E-state index in [1.807, 2.05) is 66.0 Å². The van der Waals surface area contributed by atoms with Gasteiger partial charge in [0.2, 0.25) is 5.91 Å². The zero-order chi connectivity index (χ0) is 20.9. The lowest BCUT2D eigenvalue weighted by molar-refractivity contribution is -0.125. The minimum Gasteiger partial charge on any atom is -0.497 e. The molecule has 1 aromatic heterocycles. The average molecular weight is 421 g/mol. The highest BCUT2D eigenvalue weighted by molar-refractivity contribution is 7.09. The molecule has 0 bridgehead atoms. The maximum atomic E-state index is 13.2. The van der Waals surface area contributed by atoms with Crippen LogP contribution in [0.1, 0.15) is 28.1 Å². The van der Waals surface area contributed by atoms with Crippen LogP contribution in [0.4, 0.5) is 0 Å². The van der Waals surface area contributed by atoms with Crippen LogP contribution in [0.25, 0.3) is 11.1 Å². The van der Waals surface area contributed by atoms with E-state index < -0.39 is 6.04 Å². The van der Waals surface area contributed by atoms with E-state index in [0.717, 1.165) is 28.2 Å².